The zero-order valence-corrected chi connectivity index (χ0v) is 9.30. The summed E-state index contributed by atoms with van der Waals surface area (Å²) in [6, 6.07) is 0. The van der Waals surface area contributed by atoms with Crippen LogP contribution >= 0.6 is 11.3 Å². The number of thiazole rings is 1. The topological polar surface area (TPSA) is 45.2 Å². The molecule has 14 heavy (non-hydrogen) atoms. The summed E-state index contributed by atoms with van der Waals surface area (Å²) >= 11 is 1.58. The Morgan fingerprint density at radius 1 is 1.64 bits per heavy atom. The fourth-order valence-electron chi connectivity index (χ4n) is 0.960. The Hall–Kier alpha value is -0.940. The molecule has 0 atom stereocenters. The molecule has 1 aromatic rings. The average Bonchev–Trinajstić information content (AvgIpc) is 2.64. The van der Waals surface area contributed by atoms with Gasteiger partial charge in [-0.3, -0.25) is 4.79 Å². The van der Waals surface area contributed by atoms with E-state index < -0.39 is 0 Å². The lowest BCUT2D eigenvalue weighted by molar-refractivity contribution is -0.128. The Morgan fingerprint density at radius 3 is 3.00 bits per heavy atom. The quantitative estimate of drug-likeness (QED) is 0.733. The first-order chi connectivity index (χ1) is 6.70. The summed E-state index contributed by atoms with van der Waals surface area (Å²) in [7, 11) is 3.53. The summed E-state index contributed by atoms with van der Waals surface area (Å²) in [6.45, 7) is 1.44. The number of rotatable bonds is 5. The second kappa shape index (κ2) is 5.72. The Kier molecular flexibility index (Phi) is 4.55. The summed E-state index contributed by atoms with van der Waals surface area (Å²) in [4.78, 5) is 16.9. The molecule has 0 aromatic carbocycles. The lowest BCUT2D eigenvalue weighted by atomic mass is 10.3. The molecule has 0 spiro atoms. The van der Waals surface area contributed by atoms with Crippen molar-refractivity contribution in [3.05, 3.63) is 16.6 Å². The Morgan fingerprint density at radius 2 is 2.43 bits per heavy atom. The first-order valence-electron chi connectivity index (χ1n) is 4.48. The third-order valence-electron chi connectivity index (χ3n) is 1.80. The summed E-state index contributed by atoms with van der Waals surface area (Å²) in [5.41, 5.74) is 2.84. The molecule has 4 nitrogen and oxygen atoms in total. The van der Waals surface area contributed by atoms with Crippen molar-refractivity contribution in [3.8, 4) is 0 Å². The summed E-state index contributed by atoms with van der Waals surface area (Å²) in [5, 5.41) is 5.17. The average molecular weight is 213 g/mol. The van der Waals surface area contributed by atoms with Crippen LogP contribution in [-0.2, 0) is 11.3 Å². The van der Waals surface area contributed by atoms with Crippen LogP contribution in [0.3, 0.4) is 0 Å². The van der Waals surface area contributed by atoms with Gasteiger partial charge in [-0.05, 0) is 0 Å². The van der Waals surface area contributed by atoms with Crippen molar-refractivity contribution in [1.29, 1.82) is 0 Å². The molecule has 1 rings (SSSR count). The van der Waals surface area contributed by atoms with Crippen LogP contribution in [0, 0.1) is 0 Å². The highest BCUT2D eigenvalue weighted by atomic mass is 32.1. The van der Waals surface area contributed by atoms with Crippen molar-refractivity contribution in [2.45, 2.75) is 13.0 Å². The number of carbonyl (C=O) groups is 1. The molecule has 0 saturated heterocycles. The standard InChI is InChI=1S/C9H15N3OS/c1-12(2)9(13)3-4-10-5-8-6-14-7-11-8/h6-7,10H,3-5H2,1-2H3. The van der Waals surface area contributed by atoms with Crippen molar-refractivity contribution in [2.24, 2.45) is 0 Å². The molecule has 0 aliphatic carbocycles. The number of carbonyl (C=O) groups excluding carboxylic acids is 1. The first-order valence-corrected chi connectivity index (χ1v) is 5.42. The van der Waals surface area contributed by atoms with Gasteiger partial charge >= 0.3 is 0 Å². The van der Waals surface area contributed by atoms with Gasteiger partial charge in [-0.1, -0.05) is 0 Å². The second-order valence-electron chi connectivity index (χ2n) is 3.19. The summed E-state index contributed by atoms with van der Waals surface area (Å²) < 4.78 is 0. The molecule has 1 amide bonds. The van der Waals surface area contributed by atoms with Crippen LogP contribution in [0.5, 0.6) is 0 Å². The minimum atomic E-state index is 0.149. The Balaban J connectivity index is 2.08. The van der Waals surface area contributed by atoms with Crippen LogP contribution in [0.25, 0.3) is 0 Å². The third kappa shape index (κ3) is 3.85. The maximum atomic E-state index is 11.2. The van der Waals surface area contributed by atoms with Crippen LogP contribution in [0.15, 0.2) is 10.9 Å². The molecule has 1 N–H and O–H groups in total. The number of nitrogens with one attached hydrogen (secondary N) is 1. The molecule has 0 unspecified atom stereocenters. The molecular weight excluding hydrogens is 198 g/mol. The lowest BCUT2D eigenvalue weighted by Crippen LogP contribution is -2.26. The fourth-order valence-corrected chi connectivity index (χ4v) is 1.52. The van der Waals surface area contributed by atoms with Gasteiger partial charge in [0.15, 0.2) is 0 Å². The highest BCUT2D eigenvalue weighted by Gasteiger charge is 2.02. The number of amides is 1. The minimum absolute atomic E-state index is 0.149. The predicted molar refractivity (Wildman–Crippen MR) is 57.1 cm³/mol. The van der Waals surface area contributed by atoms with Crippen molar-refractivity contribution in [1.82, 2.24) is 15.2 Å². The van der Waals surface area contributed by atoms with Gasteiger partial charge in [0, 0.05) is 39.0 Å². The van der Waals surface area contributed by atoms with Gasteiger partial charge in [0.2, 0.25) is 5.91 Å². The maximum Gasteiger partial charge on any atom is 0.223 e. The van der Waals surface area contributed by atoms with Crippen molar-refractivity contribution in [3.63, 3.8) is 0 Å². The maximum absolute atomic E-state index is 11.2. The second-order valence-corrected chi connectivity index (χ2v) is 3.91. The normalized spacial score (nSPS) is 10.1. The number of nitrogens with zero attached hydrogens (tertiary/aromatic N) is 2. The van der Waals surface area contributed by atoms with Gasteiger partial charge in [-0.25, -0.2) is 4.98 Å². The molecule has 0 radical (unpaired) electrons. The van der Waals surface area contributed by atoms with Gasteiger partial charge in [-0.15, -0.1) is 11.3 Å². The van der Waals surface area contributed by atoms with E-state index in [-0.39, 0.29) is 5.91 Å². The number of hydrogen-bond donors (Lipinski definition) is 1. The van der Waals surface area contributed by atoms with Gasteiger partial charge in [-0.2, -0.15) is 0 Å². The number of hydrogen-bond acceptors (Lipinski definition) is 4. The highest BCUT2D eigenvalue weighted by molar-refractivity contribution is 7.07. The van der Waals surface area contributed by atoms with Gasteiger partial charge in [0.1, 0.15) is 0 Å². The molecule has 0 saturated carbocycles. The van der Waals surface area contributed by atoms with Crippen LogP contribution in [0.4, 0.5) is 0 Å². The monoisotopic (exact) mass is 213 g/mol. The van der Waals surface area contributed by atoms with Gasteiger partial charge < -0.3 is 10.2 Å². The molecule has 0 fully saturated rings. The first kappa shape index (κ1) is 11.1. The Bertz CT molecular complexity index is 272. The molecule has 0 bridgehead atoms. The predicted octanol–water partition coefficient (Wildman–Crippen LogP) is 0.711. The zero-order valence-electron chi connectivity index (χ0n) is 8.49. The largest absolute Gasteiger partial charge is 0.349 e. The molecule has 0 aliphatic rings. The third-order valence-corrected chi connectivity index (χ3v) is 2.44. The molecule has 1 heterocycles. The van der Waals surface area contributed by atoms with Crippen LogP contribution in [0.1, 0.15) is 12.1 Å². The lowest BCUT2D eigenvalue weighted by Gasteiger charge is -2.09. The molecule has 0 aliphatic heterocycles. The van der Waals surface area contributed by atoms with E-state index in [2.05, 4.69) is 10.3 Å². The summed E-state index contributed by atoms with van der Waals surface area (Å²) in [6.07, 6.45) is 0.539. The van der Waals surface area contributed by atoms with E-state index in [0.29, 0.717) is 13.0 Å². The fraction of sp³-hybridized carbons (Fsp3) is 0.556. The summed E-state index contributed by atoms with van der Waals surface area (Å²) in [5.74, 6) is 0.149. The van der Waals surface area contributed by atoms with Gasteiger partial charge in [0.25, 0.3) is 0 Å². The van der Waals surface area contributed by atoms with E-state index in [1.54, 1.807) is 30.3 Å². The molecule has 5 heteroatoms. The molecule has 78 valence electrons. The van der Waals surface area contributed by atoms with Crippen molar-refractivity contribution >= 4 is 17.2 Å². The molecular formula is C9H15N3OS. The van der Waals surface area contributed by atoms with Crippen molar-refractivity contribution in [2.75, 3.05) is 20.6 Å². The van der Waals surface area contributed by atoms with Crippen LogP contribution in [0.2, 0.25) is 0 Å². The van der Waals surface area contributed by atoms with E-state index in [1.807, 2.05) is 10.9 Å². The smallest absolute Gasteiger partial charge is 0.223 e. The molecule has 1 aromatic heterocycles. The van der Waals surface area contributed by atoms with Crippen LogP contribution in [-0.4, -0.2) is 36.4 Å². The van der Waals surface area contributed by atoms with Gasteiger partial charge in [0.05, 0.1) is 11.2 Å². The van der Waals surface area contributed by atoms with E-state index in [4.69, 9.17) is 0 Å². The minimum Gasteiger partial charge on any atom is -0.349 e. The Labute approximate surface area is 88.0 Å². The van der Waals surface area contributed by atoms with E-state index in [9.17, 15) is 4.79 Å². The van der Waals surface area contributed by atoms with Crippen molar-refractivity contribution < 1.29 is 4.79 Å². The highest BCUT2D eigenvalue weighted by Crippen LogP contribution is 1.99. The number of aromatic nitrogens is 1. The zero-order chi connectivity index (χ0) is 10.4. The van der Waals surface area contributed by atoms with E-state index in [1.165, 1.54) is 0 Å². The van der Waals surface area contributed by atoms with E-state index in [0.717, 1.165) is 12.2 Å². The SMILES string of the molecule is CN(C)C(=O)CCNCc1cscn1. The van der Waals surface area contributed by atoms with Crippen LogP contribution < -0.4 is 5.32 Å². The van der Waals surface area contributed by atoms with E-state index >= 15 is 0 Å².